The van der Waals surface area contributed by atoms with Crippen LogP contribution in [0.2, 0.25) is 0 Å². The largest absolute Gasteiger partial charge is 0.341 e. The summed E-state index contributed by atoms with van der Waals surface area (Å²) in [5, 5.41) is 2.60. The number of anilines is 4. The standard InChI is InChI=1S/C60H50N2/c1-60(2)53-38-41(29-35-47(53)48-36-34-46(39-54(48)60)61-37-13-17-42-14-3-10-22-55(42)61)26-25-40-27-30-45(31-28-40)58-49-18-6-8-20-51(49)59(52-21-9-7-19-50(52)58)62-56-23-11-4-15-43(56)32-33-44-16-5-12-24-57(44)62/h3-12,14-16,18-36,39,49,51,53H,13,17,37-38H2,1-2H3/b26-25+. The summed E-state index contributed by atoms with van der Waals surface area (Å²) in [6.45, 7) is 6.00. The zero-order valence-electron chi connectivity index (χ0n) is 35.5. The van der Waals surface area contributed by atoms with Crippen LogP contribution in [0.15, 0.2) is 188 Å². The summed E-state index contributed by atoms with van der Waals surface area (Å²) in [7, 11) is 0. The van der Waals surface area contributed by atoms with Crippen molar-refractivity contribution in [2.24, 2.45) is 17.8 Å². The molecular weight excluding hydrogens is 749 g/mol. The van der Waals surface area contributed by atoms with Crippen molar-refractivity contribution in [3.05, 3.63) is 237 Å². The van der Waals surface area contributed by atoms with Crippen molar-refractivity contribution >= 4 is 57.8 Å². The second-order valence-electron chi connectivity index (χ2n) is 18.4. The van der Waals surface area contributed by atoms with Gasteiger partial charge in [-0.1, -0.05) is 184 Å². The average molecular weight is 799 g/mol. The first-order chi connectivity index (χ1) is 30.5. The Hall–Kier alpha value is -6.90. The highest BCUT2D eigenvalue weighted by atomic mass is 15.2. The fraction of sp³-hybridized carbons (Fsp3) is 0.167. The van der Waals surface area contributed by atoms with Crippen LogP contribution < -0.4 is 20.2 Å². The van der Waals surface area contributed by atoms with E-state index >= 15 is 0 Å². The van der Waals surface area contributed by atoms with E-state index in [-0.39, 0.29) is 17.3 Å². The lowest BCUT2D eigenvalue weighted by Gasteiger charge is -2.39. The summed E-state index contributed by atoms with van der Waals surface area (Å²) in [6, 6.07) is 52.3. The molecule has 2 nitrogen and oxygen atoms in total. The van der Waals surface area contributed by atoms with Crippen LogP contribution in [0.4, 0.5) is 22.7 Å². The predicted molar refractivity (Wildman–Crippen MR) is 262 cm³/mol. The second kappa shape index (κ2) is 14.6. The van der Waals surface area contributed by atoms with Crippen molar-refractivity contribution in [1.29, 1.82) is 0 Å². The SMILES string of the molecule is CC1(C)c2cc(N3CCCc4ccccc43)ccc2C2=CC=C(/C=C/c3ccc(C4=c5ccccc5=C(N5c6ccccc6C=Cc6ccccc65)C5C=CC=CC45)cc3)CC21. The fourth-order valence-corrected chi connectivity index (χ4v) is 11.5. The highest BCUT2D eigenvalue weighted by Crippen LogP contribution is 2.55. The molecule has 0 N–H and O–H groups in total. The number of aryl methyl sites for hydroxylation is 1. The van der Waals surface area contributed by atoms with Crippen LogP contribution in [0, 0.1) is 17.8 Å². The Labute approximate surface area is 365 Å². The summed E-state index contributed by atoms with van der Waals surface area (Å²) < 4.78 is 0. The molecule has 0 fully saturated rings. The molecule has 2 heterocycles. The minimum Gasteiger partial charge on any atom is -0.341 e. The van der Waals surface area contributed by atoms with Crippen LogP contribution in [0.1, 0.15) is 65.6 Å². The molecular formula is C60H50N2. The van der Waals surface area contributed by atoms with Gasteiger partial charge in [0, 0.05) is 40.7 Å². The quantitative estimate of drug-likeness (QED) is 0.171. The molecule has 3 atom stereocenters. The molecule has 3 unspecified atom stereocenters. The van der Waals surface area contributed by atoms with E-state index < -0.39 is 0 Å². The minimum absolute atomic E-state index is 0.0454. The van der Waals surface area contributed by atoms with Crippen molar-refractivity contribution in [2.75, 3.05) is 16.3 Å². The molecule has 0 bridgehead atoms. The molecule has 0 saturated heterocycles. The normalized spacial score (nSPS) is 21.2. The molecule has 0 amide bonds. The van der Waals surface area contributed by atoms with Gasteiger partial charge in [0.2, 0.25) is 0 Å². The summed E-state index contributed by atoms with van der Waals surface area (Å²) in [6.07, 6.45) is 26.7. The monoisotopic (exact) mass is 798 g/mol. The third-order valence-electron chi connectivity index (χ3n) is 14.6. The molecule has 2 aliphatic heterocycles. The number of nitrogens with zero attached hydrogens (tertiary/aromatic N) is 2. The fourth-order valence-electron chi connectivity index (χ4n) is 11.5. The zero-order chi connectivity index (χ0) is 41.4. The van der Waals surface area contributed by atoms with Crippen LogP contribution in [-0.4, -0.2) is 6.54 Å². The van der Waals surface area contributed by atoms with Crippen molar-refractivity contribution < 1.29 is 0 Å². The van der Waals surface area contributed by atoms with Gasteiger partial charge >= 0.3 is 0 Å². The van der Waals surface area contributed by atoms with E-state index in [1.54, 1.807) is 0 Å². The predicted octanol–water partition coefficient (Wildman–Crippen LogP) is 13.1. The third kappa shape index (κ3) is 5.92. The first-order valence-corrected chi connectivity index (χ1v) is 22.6. The van der Waals surface area contributed by atoms with Gasteiger partial charge in [0.1, 0.15) is 0 Å². The molecule has 2 heteroatoms. The molecule has 300 valence electrons. The molecule has 0 saturated carbocycles. The van der Waals surface area contributed by atoms with E-state index in [1.165, 1.54) is 101 Å². The van der Waals surface area contributed by atoms with Gasteiger partial charge in [0.15, 0.2) is 0 Å². The van der Waals surface area contributed by atoms with Gasteiger partial charge in [-0.15, -0.1) is 0 Å². The minimum atomic E-state index is 0.0454. The Bertz CT molecular complexity index is 3080. The Morgan fingerprint density at radius 1 is 0.629 bits per heavy atom. The summed E-state index contributed by atoms with van der Waals surface area (Å²) in [5.74, 6) is 0.815. The molecule has 0 radical (unpaired) electrons. The van der Waals surface area contributed by atoms with Gasteiger partial charge in [-0.2, -0.15) is 0 Å². The molecule has 0 aromatic heterocycles. The van der Waals surface area contributed by atoms with Crippen LogP contribution in [0.3, 0.4) is 0 Å². The van der Waals surface area contributed by atoms with E-state index in [0.29, 0.717) is 5.92 Å². The second-order valence-corrected chi connectivity index (χ2v) is 18.4. The Balaban J connectivity index is 0.868. The smallest absolute Gasteiger partial charge is 0.0531 e. The third-order valence-corrected chi connectivity index (χ3v) is 14.6. The molecule has 4 aliphatic carbocycles. The van der Waals surface area contributed by atoms with Crippen LogP contribution in [0.25, 0.3) is 35.1 Å². The van der Waals surface area contributed by atoms with Gasteiger partial charge in [0.25, 0.3) is 0 Å². The summed E-state index contributed by atoms with van der Waals surface area (Å²) in [5.41, 5.74) is 20.1. The lowest BCUT2D eigenvalue weighted by Crippen LogP contribution is -2.44. The maximum atomic E-state index is 2.55. The van der Waals surface area contributed by atoms with E-state index in [0.717, 1.165) is 19.4 Å². The van der Waals surface area contributed by atoms with Crippen LogP contribution in [0.5, 0.6) is 0 Å². The van der Waals surface area contributed by atoms with Crippen LogP contribution >= 0.6 is 0 Å². The number of benzene rings is 6. The zero-order valence-corrected chi connectivity index (χ0v) is 35.5. The molecule has 62 heavy (non-hydrogen) atoms. The highest BCUT2D eigenvalue weighted by molar-refractivity contribution is 5.96. The van der Waals surface area contributed by atoms with Crippen molar-refractivity contribution in [1.82, 2.24) is 0 Å². The van der Waals surface area contributed by atoms with Gasteiger partial charge in [0.05, 0.1) is 11.4 Å². The van der Waals surface area contributed by atoms with Gasteiger partial charge in [-0.3, -0.25) is 0 Å². The lowest BCUT2D eigenvalue weighted by atomic mass is 9.73. The van der Waals surface area contributed by atoms with Gasteiger partial charge in [-0.05, 0) is 122 Å². The Kier molecular flexibility index (Phi) is 8.71. The van der Waals surface area contributed by atoms with Crippen molar-refractivity contribution in [3.8, 4) is 0 Å². The summed E-state index contributed by atoms with van der Waals surface area (Å²) in [4.78, 5) is 5.09. The first-order valence-electron chi connectivity index (χ1n) is 22.6. The highest BCUT2D eigenvalue weighted by Gasteiger charge is 2.44. The number of para-hydroxylation sites is 3. The van der Waals surface area contributed by atoms with E-state index in [2.05, 4.69) is 224 Å². The number of fused-ring (bicyclic) bond motifs is 8. The van der Waals surface area contributed by atoms with Crippen LogP contribution in [-0.2, 0) is 11.8 Å². The molecule has 6 aromatic rings. The van der Waals surface area contributed by atoms with Gasteiger partial charge in [-0.25, -0.2) is 0 Å². The summed E-state index contributed by atoms with van der Waals surface area (Å²) >= 11 is 0. The average Bonchev–Trinajstić information content (AvgIpc) is 3.42. The number of rotatable bonds is 5. The molecule has 6 aliphatic rings. The number of allylic oxidation sites excluding steroid dienone is 8. The molecule has 0 spiro atoms. The first kappa shape index (κ1) is 36.9. The lowest BCUT2D eigenvalue weighted by molar-refractivity contribution is 0.410. The topological polar surface area (TPSA) is 6.48 Å². The van der Waals surface area contributed by atoms with E-state index in [9.17, 15) is 0 Å². The van der Waals surface area contributed by atoms with E-state index in [1.807, 2.05) is 0 Å². The Morgan fingerprint density at radius 2 is 1.31 bits per heavy atom. The number of hydrogen-bond acceptors (Lipinski definition) is 2. The van der Waals surface area contributed by atoms with Crippen molar-refractivity contribution in [2.45, 2.75) is 38.5 Å². The molecule has 12 rings (SSSR count). The van der Waals surface area contributed by atoms with Gasteiger partial charge < -0.3 is 9.80 Å². The van der Waals surface area contributed by atoms with E-state index in [4.69, 9.17) is 0 Å². The van der Waals surface area contributed by atoms with Crippen molar-refractivity contribution in [3.63, 3.8) is 0 Å². The maximum absolute atomic E-state index is 2.55. The maximum Gasteiger partial charge on any atom is 0.0531 e. The molecule has 6 aromatic carbocycles. The Morgan fingerprint density at radius 3 is 2.08 bits per heavy atom. The number of hydrogen-bond donors (Lipinski definition) is 0.